The first-order chi connectivity index (χ1) is 7.69. The van der Waals surface area contributed by atoms with Gasteiger partial charge in [0.1, 0.15) is 17.1 Å². The van der Waals surface area contributed by atoms with Crippen LogP contribution in [0.4, 0.5) is 0 Å². The number of rotatable bonds is 0. The van der Waals surface area contributed by atoms with Gasteiger partial charge in [0.15, 0.2) is 0 Å². The van der Waals surface area contributed by atoms with Gasteiger partial charge in [0.2, 0.25) is 5.43 Å². The molecule has 1 aromatic heterocycles. The monoisotopic (exact) mass is 211 g/mol. The summed E-state index contributed by atoms with van der Waals surface area (Å²) < 4.78 is 5.41. The number of benzene rings is 1. The van der Waals surface area contributed by atoms with E-state index in [-0.39, 0.29) is 5.43 Å². The van der Waals surface area contributed by atoms with E-state index < -0.39 is 0 Å². The standard InChI is InChI=1S/C13H9NO2/c1-3-10-8(2)16-11-6-4-5-9(7-14)12(11)13(10)15/h3-6H,2H2,1H3/b10-3+. The number of nitrogens with zero attached hydrogens (tertiary/aromatic N) is 1. The zero-order valence-electron chi connectivity index (χ0n) is 8.78. The summed E-state index contributed by atoms with van der Waals surface area (Å²) in [6.45, 7) is 5.41. The van der Waals surface area contributed by atoms with E-state index in [0.29, 0.717) is 27.2 Å². The van der Waals surface area contributed by atoms with Gasteiger partial charge >= 0.3 is 0 Å². The Morgan fingerprint density at radius 3 is 2.88 bits per heavy atom. The molecule has 16 heavy (non-hydrogen) atoms. The summed E-state index contributed by atoms with van der Waals surface area (Å²) in [7, 11) is 0. The summed E-state index contributed by atoms with van der Waals surface area (Å²) in [5, 5.41) is 9.67. The second-order valence-electron chi connectivity index (χ2n) is 3.35. The van der Waals surface area contributed by atoms with Crippen molar-refractivity contribution in [3.8, 4) is 6.07 Å². The van der Waals surface area contributed by atoms with Crippen molar-refractivity contribution in [1.29, 1.82) is 5.26 Å². The molecule has 0 aliphatic carbocycles. The first-order valence-corrected chi connectivity index (χ1v) is 4.80. The Bertz CT molecular complexity index is 763. The Morgan fingerprint density at radius 2 is 2.25 bits per heavy atom. The van der Waals surface area contributed by atoms with Crippen molar-refractivity contribution in [2.45, 2.75) is 6.92 Å². The Hall–Kier alpha value is -2.34. The second kappa shape index (κ2) is 3.67. The molecule has 0 N–H and O–H groups in total. The van der Waals surface area contributed by atoms with E-state index in [2.05, 4.69) is 6.58 Å². The largest absolute Gasteiger partial charge is 0.456 e. The molecular formula is C13H9NO2. The van der Waals surface area contributed by atoms with Gasteiger partial charge in [0, 0.05) is 0 Å². The van der Waals surface area contributed by atoms with Crippen molar-refractivity contribution < 1.29 is 4.42 Å². The highest BCUT2D eigenvalue weighted by Crippen LogP contribution is 2.11. The minimum atomic E-state index is -0.203. The lowest BCUT2D eigenvalue weighted by Gasteiger charge is -1.98. The predicted molar refractivity (Wildman–Crippen MR) is 62.1 cm³/mol. The van der Waals surface area contributed by atoms with Crippen LogP contribution in [0.3, 0.4) is 0 Å². The summed E-state index contributed by atoms with van der Waals surface area (Å²) in [4.78, 5) is 12.1. The van der Waals surface area contributed by atoms with Crippen LogP contribution >= 0.6 is 0 Å². The third-order valence-corrected chi connectivity index (χ3v) is 2.44. The van der Waals surface area contributed by atoms with E-state index in [9.17, 15) is 4.79 Å². The summed E-state index contributed by atoms with van der Waals surface area (Å²) in [6, 6.07) is 6.92. The van der Waals surface area contributed by atoms with Crippen LogP contribution in [0.1, 0.15) is 12.5 Å². The number of hydrogen-bond donors (Lipinski definition) is 0. The Balaban J connectivity index is 3.22. The maximum Gasteiger partial charge on any atom is 0.201 e. The van der Waals surface area contributed by atoms with Gasteiger partial charge in [0.05, 0.1) is 16.2 Å². The first-order valence-electron chi connectivity index (χ1n) is 4.80. The highest BCUT2D eigenvalue weighted by Gasteiger charge is 2.07. The van der Waals surface area contributed by atoms with Crippen LogP contribution in [0.25, 0.3) is 23.6 Å². The van der Waals surface area contributed by atoms with Crippen LogP contribution < -0.4 is 16.1 Å². The minimum Gasteiger partial charge on any atom is -0.456 e. The van der Waals surface area contributed by atoms with Crippen LogP contribution in [0.2, 0.25) is 0 Å². The van der Waals surface area contributed by atoms with Crippen LogP contribution in [0.15, 0.2) is 27.4 Å². The van der Waals surface area contributed by atoms with E-state index in [0.717, 1.165) is 0 Å². The highest BCUT2D eigenvalue weighted by molar-refractivity contribution is 5.82. The number of fused-ring (bicyclic) bond motifs is 1. The van der Waals surface area contributed by atoms with Crippen molar-refractivity contribution in [3.05, 3.63) is 44.6 Å². The van der Waals surface area contributed by atoms with Crippen molar-refractivity contribution >= 4 is 23.6 Å². The number of hydrogen-bond acceptors (Lipinski definition) is 3. The molecule has 3 nitrogen and oxygen atoms in total. The van der Waals surface area contributed by atoms with Gasteiger partial charge in [-0.2, -0.15) is 5.26 Å². The fourth-order valence-electron chi connectivity index (χ4n) is 1.68. The lowest BCUT2D eigenvalue weighted by Crippen LogP contribution is -2.37. The van der Waals surface area contributed by atoms with Crippen molar-refractivity contribution in [2.24, 2.45) is 0 Å². The third-order valence-electron chi connectivity index (χ3n) is 2.44. The van der Waals surface area contributed by atoms with E-state index in [1.165, 1.54) is 0 Å². The lowest BCUT2D eigenvalue weighted by molar-refractivity contribution is 0.560. The molecule has 1 aromatic carbocycles. The molecule has 0 fully saturated rings. The molecule has 0 atom stereocenters. The van der Waals surface area contributed by atoms with Gasteiger partial charge in [-0.25, -0.2) is 0 Å². The first kappa shape index (κ1) is 10.2. The Labute approximate surface area is 91.6 Å². The fraction of sp³-hybridized carbons (Fsp3) is 0.0769. The maximum absolute atomic E-state index is 12.1. The molecule has 3 heteroatoms. The SMILES string of the molecule is C=c1oc2cccc(C#N)c2c(=O)/c1=C/C. The third kappa shape index (κ3) is 1.32. The summed E-state index contributed by atoms with van der Waals surface area (Å²) in [5.41, 5.74) is 0.856. The topological polar surface area (TPSA) is 54.0 Å². The fourth-order valence-corrected chi connectivity index (χ4v) is 1.68. The van der Waals surface area contributed by atoms with Gasteiger partial charge in [-0.15, -0.1) is 0 Å². The zero-order valence-corrected chi connectivity index (χ0v) is 8.78. The van der Waals surface area contributed by atoms with Gasteiger partial charge in [-0.3, -0.25) is 4.79 Å². The molecule has 0 spiro atoms. The molecule has 0 radical (unpaired) electrons. The average molecular weight is 211 g/mol. The second-order valence-corrected chi connectivity index (χ2v) is 3.35. The molecule has 2 aromatic rings. The van der Waals surface area contributed by atoms with E-state index >= 15 is 0 Å². The van der Waals surface area contributed by atoms with Crippen molar-refractivity contribution in [2.75, 3.05) is 0 Å². The average Bonchev–Trinajstić information content (AvgIpc) is 2.28. The Morgan fingerprint density at radius 1 is 1.50 bits per heavy atom. The molecule has 0 amide bonds. The Kier molecular flexibility index (Phi) is 2.34. The highest BCUT2D eigenvalue weighted by atomic mass is 16.3. The van der Waals surface area contributed by atoms with Crippen LogP contribution in [-0.2, 0) is 0 Å². The summed E-state index contributed by atoms with van der Waals surface area (Å²) >= 11 is 0. The summed E-state index contributed by atoms with van der Waals surface area (Å²) in [6.07, 6.45) is 1.64. The summed E-state index contributed by atoms with van der Waals surface area (Å²) in [5.74, 6) is 0. The molecule has 1 heterocycles. The molecule has 0 unspecified atom stereocenters. The van der Waals surface area contributed by atoms with Gasteiger partial charge in [-0.1, -0.05) is 18.7 Å². The number of nitriles is 1. The van der Waals surface area contributed by atoms with E-state index in [4.69, 9.17) is 9.68 Å². The molecular weight excluding hydrogens is 202 g/mol. The van der Waals surface area contributed by atoms with Crippen LogP contribution in [0, 0.1) is 11.3 Å². The lowest BCUT2D eigenvalue weighted by atomic mass is 10.1. The van der Waals surface area contributed by atoms with Gasteiger partial charge in [0.25, 0.3) is 0 Å². The van der Waals surface area contributed by atoms with Crippen molar-refractivity contribution in [1.82, 2.24) is 0 Å². The van der Waals surface area contributed by atoms with Crippen molar-refractivity contribution in [3.63, 3.8) is 0 Å². The molecule has 0 saturated carbocycles. The minimum absolute atomic E-state index is 0.203. The smallest absolute Gasteiger partial charge is 0.201 e. The maximum atomic E-state index is 12.1. The van der Waals surface area contributed by atoms with Gasteiger partial charge in [-0.05, 0) is 19.1 Å². The normalized spacial score (nSPS) is 11.6. The molecule has 78 valence electrons. The quantitative estimate of drug-likeness (QED) is 0.649. The molecule has 0 aliphatic heterocycles. The molecule has 0 bridgehead atoms. The van der Waals surface area contributed by atoms with E-state index in [1.54, 1.807) is 31.2 Å². The zero-order chi connectivity index (χ0) is 11.7. The van der Waals surface area contributed by atoms with E-state index in [1.807, 2.05) is 6.07 Å². The van der Waals surface area contributed by atoms with Crippen LogP contribution in [-0.4, -0.2) is 0 Å². The van der Waals surface area contributed by atoms with Crippen LogP contribution in [0.5, 0.6) is 0 Å². The predicted octanol–water partition coefficient (Wildman–Crippen LogP) is 0.875. The van der Waals surface area contributed by atoms with Gasteiger partial charge < -0.3 is 4.42 Å². The molecule has 0 aliphatic rings. The molecule has 2 rings (SSSR count). The molecule has 0 saturated heterocycles.